The van der Waals surface area contributed by atoms with Crippen molar-refractivity contribution in [1.29, 1.82) is 0 Å². The first-order valence-corrected chi connectivity index (χ1v) is 5.75. The number of rotatable bonds is 4. The van der Waals surface area contributed by atoms with Crippen molar-refractivity contribution in [3.63, 3.8) is 0 Å². The number of hydrogen-bond acceptors (Lipinski definition) is 4. The summed E-state index contributed by atoms with van der Waals surface area (Å²) in [5, 5.41) is 12.5. The van der Waals surface area contributed by atoms with Crippen molar-refractivity contribution in [3.8, 4) is 0 Å². The Bertz CT molecular complexity index is 378. The van der Waals surface area contributed by atoms with Crippen LogP contribution in [0.4, 0.5) is 5.82 Å². The van der Waals surface area contributed by atoms with Crippen LogP contribution in [0.5, 0.6) is 0 Å². The summed E-state index contributed by atoms with van der Waals surface area (Å²) in [6.07, 6.45) is 0.899. The molecule has 0 saturated heterocycles. The fourth-order valence-corrected chi connectivity index (χ4v) is 1.43. The molecule has 0 aliphatic rings. The first-order valence-electron chi connectivity index (χ1n) is 4.67. The molecule has 3 N–H and O–H groups in total. The molecule has 5 nitrogen and oxygen atoms in total. The molecule has 1 unspecified atom stereocenters. The maximum Gasteiger partial charge on any atom is 0.266 e. The van der Waals surface area contributed by atoms with E-state index < -0.39 is 6.10 Å². The second-order valence-electron chi connectivity index (χ2n) is 3.59. The van der Waals surface area contributed by atoms with E-state index in [9.17, 15) is 9.90 Å². The summed E-state index contributed by atoms with van der Waals surface area (Å²) in [5.74, 6) is 0.691. The minimum Gasteiger partial charge on any atom is -0.391 e. The first kappa shape index (κ1) is 12.4. The van der Waals surface area contributed by atoms with E-state index in [0.717, 1.165) is 0 Å². The summed E-state index contributed by atoms with van der Waals surface area (Å²) in [6, 6.07) is 0. The Balaban J connectivity index is 2.66. The van der Waals surface area contributed by atoms with E-state index in [2.05, 4.69) is 15.3 Å². The van der Waals surface area contributed by atoms with Crippen LogP contribution in [0.25, 0.3) is 0 Å². The lowest BCUT2D eigenvalue weighted by Crippen LogP contribution is -2.26. The lowest BCUT2D eigenvalue weighted by Gasteiger charge is -2.15. The number of anilines is 1. The number of aliphatic hydroxyl groups excluding tert-OH is 1. The second kappa shape index (κ2) is 5.45. The van der Waals surface area contributed by atoms with Gasteiger partial charge in [-0.25, -0.2) is 4.98 Å². The van der Waals surface area contributed by atoms with Gasteiger partial charge >= 0.3 is 0 Å². The second-order valence-corrected chi connectivity index (χ2v) is 4.67. The van der Waals surface area contributed by atoms with Crippen LogP contribution in [0.1, 0.15) is 13.8 Å². The standard InChI is InChI=1S/C9H14IN3O2/c1-5(2)6(14)3-11-8-7(10)9(15)13-4-12-8/h4-6,14H,3H2,1-2H3,(H2,11,12,13,15). The van der Waals surface area contributed by atoms with E-state index in [4.69, 9.17) is 0 Å². The molecule has 84 valence electrons. The number of aromatic nitrogens is 2. The van der Waals surface area contributed by atoms with Gasteiger partial charge in [0.05, 0.1) is 12.4 Å². The highest BCUT2D eigenvalue weighted by Gasteiger charge is 2.10. The van der Waals surface area contributed by atoms with Crippen molar-refractivity contribution in [1.82, 2.24) is 9.97 Å². The molecule has 0 aliphatic heterocycles. The Labute approximate surface area is 101 Å². The van der Waals surface area contributed by atoms with Crippen LogP contribution in [0.3, 0.4) is 0 Å². The lowest BCUT2D eigenvalue weighted by molar-refractivity contribution is 0.138. The molecule has 0 spiro atoms. The first-order chi connectivity index (χ1) is 7.02. The number of nitrogens with one attached hydrogen (secondary N) is 2. The minimum absolute atomic E-state index is 0.174. The molecule has 0 fully saturated rings. The normalized spacial score (nSPS) is 12.9. The molecular weight excluding hydrogens is 309 g/mol. The molecular formula is C9H14IN3O2. The van der Waals surface area contributed by atoms with E-state index >= 15 is 0 Å². The molecule has 15 heavy (non-hydrogen) atoms. The Kier molecular flexibility index (Phi) is 4.52. The summed E-state index contributed by atoms with van der Waals surface area (Å²) < 4.78 is 0.506. The summed E-state index contributed by atoms with van der Waals surface area (Å²) in [5.41, 5.74) is -0.174. The van der Waals surface area contributed by atoms with Crippen LogP contribution in [0, 0.1) is 9.49 Å². The molecule has 1 rings (SSSR count). The Morgan fingerprint density at radius 3 is 2.93 bits per heavy atom. The van der Waals surface area contributed by atoms with Gasteiger partial charge < -0.3 is 15.4 Å². The van der Waals surface area contributed by atoms with E-state index in [1.54, 1.807) is 0 Å². The maximum atomic E-state index is 11.2. The average Bonchev–Trinajstić information content (AvgIpc) is 2.19. The monoisotopic (exact) mass is 323 g/mol. The van der Waals surface area contributed by atoms with Crippen molar-refractivity contribution >= 4 is 28.4 Å². The number of aromatic amines is 1. The van der Waals surface area contributed by atoms with E-state index in [-0.39, 0.29) is 11.5 Å². The van der Waals surface area contributed by atoms with Gasteiger partial charge in [-0.15, -0.1) is 0 Å². The van der Waals surface area contributed by atoms with Gasteiger partial charge in [0.1, 0.15) is 9.39 Å². The van der Waals surface area contributed by atoms with Crippen LogP contribution >= 0.6 is 22.6 Å². The zero-order valence-corrected chi connectivity index (χ0v) is 10.8. The molecule has 1 aromatic heterocycles. The quantitative estimate of drug-likeness (QED) is 0.717. The summed E-state index contributed by atoms with van der Waals surface area (Å²) in [7, 11) is 0. The molecule has 1 aromatic rings. The third-order valence-corrected chi connectivity index (χ3v) is 3.05. The van der Waals surface area contributed by atoms with Gasteiger partial charge in [0.15, 0.2) is 0 Å². The van der Waals surface area contributed by atoms with E-state index in [1.807, 2.05) is 36.4 Å². The Morgan fingerprint density at radius 1 is 1.67 bits per heavy atom. The fraction of sp³-hybridized carbons (Fsp3) is 0.556. The zero-order valence-electron chi connectivity index (χ0n) is 8.62. The van der Waals surface area contributed by atoms with Crippen molar-refractivity contribution in [2.45, 2.75) is 20.0 Å². The van der Waals surface area contributed by atoms with Crippen LogP contribution in [0.15, 0.2) is 11.1 Å². The van der Waals surface area contributed by atoms with Crippen molar-refractivity contribution < 1.29 is 5.11 Å². The molecule has 0 saturated carbocycles. The number of H-pyrrole nitrogens is 1. The third-order valence-electron chi connectivity index (χ3n) is 2.04. The van der Waals surface area contributed by atoms with Crippen molar-refractivity contribution in [2.24, 2.45) is 5.92 Å². The highest BCUT2D eigenvalue weighted by Crippen LogP contribution is 2.09. The number of nitrogens with zero attached hydrogens (tertiary/aromatic N) is 1. The summed E-state index contributed by atoms with van der Waals surface area (Å²) >= 11 is 1.92. The van der Waals surface area contributed by atoms with Crippen molar-refractivity contribution in [2.75, 3.05) is 11.9 Å². The average molecular weight is 323 g/mol. The van der Waals surface area contributed by atoms with Gasteiger partial charge in [-0.2, -0.15) is 0 Å². The zero-order chi connectivity index (χ0) is 11.4. The van der Waals surface area contributed by atoms with Crippen LogP contribution in [0.2, 0.25) is 0 Å². The lowest BCUT2D eigenvalue weighted by atomic mass is 10.1. The van der Waals surface area contributed by atoms with Gasteiger partial charge in [0, 0.05) is 6.54 Å². The SMILES string of the molecule is CC(C)C(O)CNc1nc[nH]c(=O)c1I. The summed E-state index contributed by atoms with van der Waals surface area (Å²) in [6.45, 7) is 4.26. The highest BCUT2D eigenvalue weighted by atomic mass is 127. The van der Waals surface area contributed by atoms with E-state index in [1.165, 1.54) is 6.33 Å². The number of aliphatic hydroxyl groups is 1. The molecule has 0 aromatic carbocycles. The predicted molar refractivity (Wildman–Crippen MR) is 66.9 cm³/mol. The van der Waals surface area contributed by atoms with Gasteiger partial charge in [-0.1, -0.05) is 13.8 Å². The number of hydrogen-bond donors (Lipinski definition) is 3. The fourth-order valence-electron chi connectivity index (χ4n) is 0.943. The Morgan fingerprint density at radius 2 is 2.33 bits per heavy atom. The largest absolute Gasteiger partial charge is 0.391 e. The molecule has 6 heteroatoms. The van der Waals surface area contributed by atoms with Crippen LogP contribution < -0.4 is 10.9 Å². The topological polar surface area (TPSA) is 78.0 Å². The van der Waals surface area contributed by atoms with Gasteiger partial charge in [-0.05, 0) is 28.5 Å². The van der Waals surface area contributed by atoms with E-state index in [0.29, 0.717) is 15.9 Å². The third kappa shape index (κ3) is 3.45. The summed E-state index contributed by atoms with van der Waals surface area (Å²) in [4.78, 5) is 17.7. The van der Waals surface area contributed by atoms with Crippen molar-refractivity contribution in [3.05, 3.63) is 20.3 Å². The number of halogens is 1. The molecule has 0 bridgehead atoms. The van der Waals surface area contributed by atoms with Gasteiger partial charge in [0.25, 0.3) is 5.56 Å². The minimum atomic E-state index is -0.443. The van der Waals surface area contributed by atoms with Crippen LogP contribution in [-0.4, -0.2) is 27.7 Å². The smallest absolute Gasteiger partial charge is 0.266 e. The molecule has 0 aliphatic carbocycles. The Hall–Kier alpha value is -0.630. The molecule has 1 heterocycles. The predicted octanol–water partition coefficient (Wildman–Crippen LogP) is 0.803. The molecule has 0 amide bonds. The van der Waals surface area contributed by atoms with Crippen LogP contribution in [-0.2, 0) is 0 Å². The van der Waals surface area contributed by atoms with Gasteiger partial charge in [-0.3, -0.25) is 4.79 Å². The molecule has 1 atom stereocenters. The highest BCUT2D eigenvalue weighted by molar-refractivity contribution is 14.1. The maximum absolute atomic E-state index is 11.2. The van der Waals surface area contributed by atoms with Gasteiger partial charge in [0.2, 0.25) is 0 Å². The molecule has 0 radical (unpaired) electrons.